The minimum atomic E-state index is -0.550. The molecule has 0 amide bonds. The Kier molecular flexibility index (Phi) is 4.50. The molecule has 3 nitrogen and oxygen atoms in total. The van der Waals surface area contributed by atoms with Gasteiger partial charge in [0.2, 0.25) is 0 Å². The molecule has 2 atom stereocenters. The van der Waals surface area contributed by atoms with Gasteiger partial charge in [-0.25, -0.2) is 0 Å². The van der Waals surface area contributed by atoms with E-state index in [9.17, 15) is 4.79 Å². The molecule has 1 rings (SSSR count). The molecule has 3 heteroatoms. The minimum absolute atomic E-state index is 0.0930. The maximum atomic E-state index is 11.6. The summed E-state index contributed by atoms with van der Waals surface area (Å²) in [7, 11) is 0. The maximum absolute atomic E-state index is 11.6. The summed E-state index contributed by atoms with van der Waals surface area (Å²) in [5.74, 6) is -0.248. The number of hydrogen-bond donors (Lipinski definition) is 1. The summed E-state index contributed by atoms with van der Waals surface area (Å²) in [6.07, 6.45) is -0.251. The lowest BCUT2D eigenvalue weighted by Crippen LogP contribution is -2.37. The highest BCUT2D eigenvalue weighted by atomic mass is 16.5. The van der Waals surface area contributed by atoms with E-state index in [0.717, 1.165) is 5.56 Å². The van der Waals surface area contributed by atoms with Gasteiger partial charge in [-0.2, -0.15) is 0 Å². The van der Waals surface area contributed by atoms with Crippen LogP contribution in [0, 0.1) is 5.92 Å². The number of esters is 1. The zero-order chi connectivity index (χ0) is 12.1. The van der Waals surface area contributed by atoms with Crippen molar-refractivity contribution in [3.8, 4) is 0 Å². The van der Waals surface area contributed by atoms with E-state index in [1.54, 1.807) is 0 Å². The first-order valence-electron chi connectivity index (χ1n) is 5.53. The van der Waals surface area contributed by atoms with Crippen LogP contribution in [0.2, 0.25) is 0 Å². The van der Waals surface area contributed by atoms with Crippen LogP contribution in [0.3, 0.4) is 0 Å². The number of hydrogen-bond acceptors (Lipinski definition) is 3. The Morgan fingerprint density at radius 1 is 1.19 bits per heavy atom. The Labute approximate surface area is 96.6 Å². The molecule has 0 aliphatic heterocycles. The highest BCUT2D eigenvalue weighted by molar-refractivity contribution is 5.76. The van der Waals surface area contributed by atoms with Crippen LogP contribution < -0.4 is 5.73 Å². The fourth-order valence-corrected chi connectivity index (χ4v) is 1.32. The van der Waals surface area contributed by atoms with Gasteiger partial charge in [0.25, 0.3) is 0 Å². The van der Waals surface area contributed by atoms with Crippen molar-refractivity contribution in [2.24, 2.45) is 11.7 Å². The van der Waals surface area contributed by atoms with Gasteiger partial charge in [0.1, 0.15) is 12.1 Å². The van der Waals surface area contributed by atoms with Gasteiger partial charge < -0.3 is 10.5 Å². The third-order valence-electron chi connectivity index (χ3n) is 2.55. The number of rotatable bonds is 4. The van der Waals surface area contributed by atoms with E-state index >= 15 is 0 Å². The molecule has 1 unspecified atom stereocenters. The van der Waals surface area contributed by atoms with Crippen LogP contribution in [0.5, 0.6) is 0 Å². The molecule has 0 saturated carbocycles. The van der Waals surface area contributed by atoms with Crippen LogP contribution in [0.1, 0.15) is 32.4 Å². The van der Waals surface area contributed by atoms with Crippen molar-refractivity contribution in [2.75, 3.05) is 0 Å². The second-order valence-electron chi connectivity index (χ2n) is 4.26. The largest absolute Gasteiger partial charge is 0.457 e. The minimum Gasteiger partial charge on any atom is -0.457 e. The quantitative estimate of drug-likeness (QED) is 0.793. The lowest BCUT2D eigenvalue weighted by atomic mass is 10.1. The summed E-state index contributed by atoms with van der Waals surface area (Å²) in [5, 5.41) is 0. The van der Waals surface area contributed by atoms with Crippen molar-refractivity contribution in [3.63, 3.8) is 0 Å². The van der Waals surface area contributed by atoms with E-state index in [4.69, 9.17) is 10.5 Å². The molecule has 0 saturated heterocycles. The molecule has 0 aliphatic carbocycles. The van der Waals surface area contributed by atoms with Gasteiger partial charge in [0, 0.05) is 0 Å². The second kappa shape index (κ2) is 5.66. The van der Waals surface area contributed by atoms with Gasteiger partial charge >= 0.3 is 5.97 Å². The first-order chi connectivity index (χ1) is 7.52. The lowest BCUT2D eigenvalue weighted by molar-refractivity contribution is -0.151. The van der Waals surface area contributed by atoms with E-state index in [1.165, 1.54) is 0 Å². The fourth-order valence-electron chi connectivity index (χ4n) is 1.32. The number of ether oxygens (including phenoxy) is 1. The highest BCUT2D eigenvalue weighted by Crippen LogP contribution is 2.17. The van der Waals surface area contributed by atoms with Gasteiger partial charge in [-0.1, -0.05) is 44.2 Å². The Hall–Kier alpha value is -1.35. The normalized spacial score (nSPS) is 14.6. The van der Waals surface area contributed by atoms with Crippen LogP contribution in [0.25, 0.3) is 0 Å². The van der Waals surface area contributed by atoms with Gasteiger partial charge in [0.15, 0.2) is 0 Å². The average Bonchev–Trinajstić information content (AvgIpc) is 2.28. The number of nitrogens with two attached hydrogens (primary N) is 1. The van der Waals surface area contributed by atoms with E-state index in [-0.39, 0.29) is 18.0 Å². The van der Waals surface area contributed by atoms with Crippen LogP contribution in [-0.2, 0) is 9.53 Å². The predicted octanol–water partition coefficient (Wildman–Crippen LogP) is 2.27. The van der Waals surface area contributed by atoms with Crippen LogP contribution in [0.4, 0.5) is 0 Å². The molecule has 0 fully saturated rings. The molecule has 0 bridgehead atoms. The van der Waals surface area contributed by atoms with Crippen LogP contribution in [0.15, 0.2) is 30.3 Å². The Morgan fingerprint density at radius 2 is 1.75 bits per heavy atom. The van der Waals surface area contributed by atoms with E-state index < -0.39 is 6.04 Å². The molecule has 0 heterocycles. The third kappa shape index (κ3) is 3.35. The molecular weight excluding hydrogens is 202 g/mol. The Balaban J connectivity index is 2.58. The standard InChI is InChI=1S/C13H19NO2/c1-9(2)12(14)13(15)16-10(3)11-7-5-4-6-8-11/h4-10,12H,14H2,1-3H3/t10?,12-/m1/s1. The molecule has 88 valence electrons. The molecule has 16 heavy (non-hydrogen) atoms. The van der Waals surface area contributed by atoms with Crippen LogP contribution >= 0.6 is 0 Å². The average molecular weight is 221 g/mol. The fraction of sp³-hybridized carbons (Fsp3) is 0.462. The van der Waals surface area contributed by atoms with Crippen molar-refractivity contribution in [1.29, 1.82) is 0 Å². The zero-order valence-corrected chi connectivity index (χ0v) is 10.0. The molecule has 0 aromatic heterocycles. The summed E-state index contributed by atoms with van der Waals surface area (Å²) >= 11 is 0. The SMILES string of the molecule is CC(OC(=O)[C@H](N)C(C)C)c1ccccc1. The van der Waals surface area contributed by atoms with Crippen molar-refractivity contribution < 1.29 is 9.53 Å². The van der Waals surface area contributed by atoms with Gasteiger partial charge in [0.05, 0.1) is 0 Å². The summed E-state index contributed by atoms with van der Waals surface area (Å²) in [4.78, 5) is 11.6. The molecule has 1 aromatic rings. The first kappa shape index (κ1) is 12.7. The molecule has 1 aromatic carbocycles. The Morgan fingerprint density at radius 3 is 2.25 bits per heavy atom. The van der Waals surface area contributed by atoms with Gasteiger partial charge in [-0.3, -0.25) is 4.79 Å². The van der Waals surface area contributed by atoms with Crippen molar-refractivity contribution in [3.05, 3.63) is 35.9 Å². The lowest BCUT2D eigenvalue weighted by Gasteiger charge is -2.18. The van der Waals surface area contributed by atoms with Crippen LogP contribution in [-0.4, -0.2) is 12.0 Å². The molecule has 0 aliphatic rings. The summed E-state index contributed by atoms with van der Waals surface area (Å²) < 4.78 is 5.30. The van der Waals surface area contributed by atoms with Crippen molar-refractivity contribution in [1.82, 2.24) is 0 Å². The first-order valence-corrected chi connectivity index (χ1v) is 5.53. The molecule has 0 spiro atoms. The third-order valence-corrected chi connectivity index (χ3v) is 2.55. The smallest absolute Gasteiger partial charge is 0.323 e. The van der Waals surface area contributed by atoms with Gasteiger partial charge in [-0.05, 0) is 18.4 Å². The van der Waals surface area contributed by atoms with Crippen molar-refractivity contribution >= 4 is 5.97 Å². The Bertz CT molecular complexity index is 335. The number of carbonyl (C=O) groups excluding carboxylic acids is 1. The predicted molar refractivity (Wildman–Crippen MR) is 63.8 cm³/mol. The maximum Gasteiger partial charge on any atom is 0.323 e. The highest BCUT2D eigenvalue weighted by Gasteiger charge is 2.21. The monoisotopic (exact) mass is 221 g/mol. The number of carbonyl (C=O) groups is 1. The molecular formula is C13H19NO2. The second-order valence-corrected chi connectivity index (χ2v) is 4.26. The van der Waals surface area contributed by atoms with Gasteiger partial charge in [-0.15, -0.1) is 0 Å². The van der Waals surface area contributed by atoms with E-state index in [0.29, 0.717) is 0 Å². The van der Waals surface area contributed by atoms with E-state index in [2.05, 4.69) is 0 Å². The molecule has 0 radical (unpaired) electrons. The summed E-state index contributed by atoms with van der Waals surface area (Å²) in [6, 6.07) is 9.07. The zero-order valence-electron chi connectivity index (χ0n) is 10.0. The summed E-state index contributed by atoms with van der Waals surface area (Å²) in [5.41, 5.74) is 6.69. The summed E-state index contributed by atoms with van der Waals surface area (Å²) in [6.45, 7) is 5.65. The number of benzene rings is 1. The topological polar surface area (TPSA) is 52.3 Å². The van der Waals surface area contributed by atoms with Crippen molar-refractivity contribution in [2.45, 2.75) is 32.9 Å². The van der Waals surface area contributed by atoms with E-state index in [1.807, 2.05) is 51.1 Å². The molecule has 2 N–H and O–H groups in total.